The zero-order chi connectivity index (χ0) is 12.3. The summed E-state index contributed by atoms with van der Waals surface area (Å²) in [5, 5.41) is 2.15. The van der Waals surface area contributed by atoms with Gasteiger partial charge in [0.05, 0.1) is 6.17 Å². The van der Waals surface area contributed by atoms with Gasteiger partial charge < -0.3 is 15.4 Å². The molecule has 92 valence electrons. The molecule has 1 atom stereocenters. The van der Waals surface area contributed by atoms with Crippen LogP contribution in [0.15, 0.2) is 0 Å². The maximum absolute atomic E-state index is 11.6. The van der Waals surface area contributed by atoms with Crippen LogP contribution in [-0.2, 0) is 4.74 Å². The average Bonchev–Trinajstić information content (AvgIpc) is 2.47. The van der Waals surface area contributed by atoms with Crippen LogP contribution in [0.25, 0.3) is 0 Å². The second kappa shape index (κ2) is 4.69. The third-order valence-electron chi connectivity index (χ3n) is 2.17. The molecule has 6 heteroatoms. The molecule has 1 rings (SSSR count). The molecule has 1 unspecified atom stereocenters. The number of carbonyl (C=O) groups is 2. The van der Waals surface area contributed by atoms with Crippen molar-refractivity contribution in [3.63, 3.8) is 0 Å². The molecule has 0 saturated carbocycles. The molecule has 0 bridgehead atoms. The Kier molecular flexibility index (Phi) is 3.74. The van der Waals surface area contributed by atoms with E-state index in [-0.39, 0.29) is 6.17 Å². The fourth-order valence-electron chi connectivity index (χ4n) is 1.51. The minimum absolute atomic E-state index is 0.303. The average molecular weight is 229 g/mol. The van der Waals surface area contributed by atoms with Crippen molar-refractivity contribution in [2.75, 3.05) is 6.54 Å². The van der Waals surface area contributed by atoms with E-state index >= 15 is 0 Å². The van der Waals surface area contributed by atoms with E-state index in [9.17, 15) is 9.59 Å². The molecule has 1 fully saturated rings. The molecule has 0 aromatic rings. The Morgan fingerprint density at radius 1 is 1.44 bits per heavy atom. The lowest BCUT2D eigenvalue weighted by atomic mass is 10.2. The van der Waals surface area contributed by atoms with Crippen LogP contribution in [0.4, 0.5) is 9.59 Å². The standard InChI is InChI=1S/C10H19N3O3/c1-10(2,3)16-9(15)12-8(14)13-6-4-5-7(13)11/h7H,4-6,11H2,1-3H3,(H,12,14,15). The fraction of sp³-hybridized carbons (Fsp3) is 0.800. The highest BCUT2D eigenvalue weighted by Gasteiger charge is 2.28. The second-order valence-corrected chi connectivity index (χ2v) is 4.84. The van der Waals surface area contributed by atoms with E-state index in [4.69, 9.17) is 10.5 Å². The summed E-state index contributed by atoms with van der Waals surface area (Å²) in [6, 6.07) is -0.487. The molecule has 16 heavy (non-hydrogen) atoms. The monoisotopic (exact) mass is 229 g/mol. The first-order valence-corrected chi connectivity index (χ1v) is 5.36. The summed E-state index contributed by atoms with van der Waals surface area (Å²) in [5.41, 5.74) is 5.08. The summed E-state index contributed by atoms with van der Waals surface area (Å²) in [4.78, 5) is 24.3. The van der Waals surface area contributed by atoms with Crippen LogP contribution in [0, 0.1) is 0 Å². The molecule has 3 N–H and O–H groups in total. The number of nitrogens with zero attached hydrogens (tertiary/aromatic N) is 1. The molecule has 3 amide bonds. The van der Waals surface area contributed by atoms with Crippen molar-refractivity contribution in [3.05, 3.63) is 0 Å². The van der Waals surface area contributed by atoms with E-state index in [2.05, 4.69) is 5.32 Å². The summed E-state index contributed by atoms with van der Waals surface area (Å²) in [6.07, 6.45) is 0.587. The Balaban J connectivity index is 2.42. The van der Waals surface area contributed by atoms with Crippen LogP contribution in [0.3, 0.4) is 0 Å². The summed E-state index contributed by atoms with van der Waals surface area (Å²) in [7, 11) is 0. The third-order valence-corrected chi connectivity index (χ3v) is 2.17. The van der Waals surface area contributed by atoms with E-state index in [0.29, 0.717) is 6.54 Å². The number of carbonyl (C=O) groups excluding carboxylic acids is 2. The summed E-state index contributed by atoms with van der Waals surface area (Å²) in [5.74, 6) is 0. The van der Waals surface area contributed by atoms with Gasteiger partial charge in [0.1, 0.15) is 5.60 Å². The van der Waals surface area contributed by atoms with Crippen molar-refractivity contribution in [1.82, 2.24) is 10.2 Å². The SMILES string of the molecule is CC(C)(C)OC(=O)NC(=O)N1CCCC1N. The fourth-order valence-corrected chi connectivity index (χ4v) is 1.51. The first-order valence-electron chi connectivity index (χ1n) is 5.36. The second-order valence-electron chi connectivity index (χ2n) is 4.84. The van der Waals surface area contributed by atoms with E-state index in [1.54, 1.807) is 20.8 Å². The van der Waals surface area contributed by atoms with Gasteiger partial charge in [0.2, 0.25) is 0 Å². The number of alkyl carbamates (subject to hydrolysis) is 1. The van der Waals surface area contributed by atoms with Crippen molar-refractivity contribution >= 4 is 12.1 Å². The predicted octanol–water partition coefficient (Wildman–Crippen LogP) is 1.01. The van der Waals surface area contributed by atoms with Gasteiger partial charge in [-0.05, 0) is 33.6 Å². The molecule has 1 saturated heterocycles. The Morgan fingerprint density at radius 2 is 2.06 bits per heavy atom. The Labute approximate surface area is 95.1 Å². The van der Waals surface area contributed by atoms with E-state index in [0.717, 1.165) is 12.8 Å². The van der Waals surface area contributed by atoms with Crippen LogP contribution in [-0.4, -0.2) is 35.3 Å². The normalized spacial score (nSPS) is 20.8. The zero-order valence-corrected chi connectivity index (χ0v) is 9.95. The van der Waals surface area contributed by atoms with Crippen molar-refractivity contribution in [2.45, 2.75) is 45.4 Å². The number of hydrogen-bond acceptors (Lipinski definition) is 4. The van der Waals surface area contributed by atoms with Gasteiger partial charge in [-0.15, -0.1) is 0 Å². The smallest absolute Gasteiger partial charge is 0.415 e. The Hall–Kier alpha value is -1.30. The molecule has 0 spiro atoms. The number of urea groups is 1. The van der Waals surface area contributed by atoms with Crippen molar-refractivity contribution in [1.29, 1.82) is 0 Å². The highest BCUT2D eigenvalue weighted by atomic mass is 16.6. The first-order chi connectivity index (χ1) is 7.29. The minimum Gasteiger partial charge on any atom is -0.443 e. The van der Waals surface area contributed by atoms with E-state index in [1.807, 2.05) is 0 Å². The summed E-state index contributed by atoms with van der Waals surface area (Å²) >= 11 is 0. The lowest BCUT2D eigenvalue weighted by molar-refractivity contribution is 0.0534. The van der Waals surface area contributed by atoms with Gasteiger partial charge in [0, 0.05) is 6.54 Å². The predicted molar refractivity (Wildman–Crippen MR) is 58.7 cm³/mol. The van der Waals surface area contributed by atoms with Gasteiger partial charge in [-0.3, -0.25) is 0 Å². The Morgan fingerprint density at radius 3 is 2.50 bits per heavy atom. The lowest BCUT2D eigenvalue weighted by Crippen LogP contribution is -2.49. The number of imide groups is 1. The number of nitrogens with one attached hydrogen (secondary N) is 1. The maximum Gasteiger partial charge on any atom is 0.415 e. The maximum atomic E-state index is 11.6. The highest BCUT2D eigenvalue weighted by molar-refractivity contribution is 5.91. The molecular weight excluding hydrogens is 210 g/mol. The number of ether oxygens (including phenoxy) is 1. The Bertz CT molecular complexity index is 286. The molecule has 1 aliphatic heterocycles. The third kappa shape index (κ3) is 3.69. The van der Waals surface area contributed by atoms with Crippen molar-refractivity contribution in [3.8, 4) is 0 Å². The molecule has 6 nitrogen and oxygen atoms in total. The van der Waals surface area contributed by atoms with Gasteiger partial charge in [-0.1, -0.05) is 0 Å². The van der Waals surface area contributed by atoms with Gasteiger partial charge in [0.25, 0.3) is 0 Å². The number of hydrogen-bond donors (Lipinski definition) is 2. The highest BCUT2D eigenvalue weighted by Crippen LogP contribution is 2.13. The number of rotatable bonds is 0. The van der Waals surface area contributed by atoms with Gasteiger partial charge >= 0.3 is 12.1 Å². The number of amides is 3. The minimum atomic E-state index is -0.739. The van der Waals surface area contributed by atoms with Gasteiger partial charge in [-0.2, -0.15) is 0 Å². The quantitative estimate of drug-likeness (QED) is 0.649. The summed E-state index contributed by atoms with van der Waals surface area (Å²) in [6.45, 7) is 5.78. The summed E-state index contributed by atoms with van der Waals surface area (Å²) < 4.78 is 4.96. The lowest BCUT2D eigenvalue weighted by Gasteiger charge is -2.23. The molecule has 1 heterocycles. The van der Waals surface area contributed by atoms with Crippen LogP contribution in [0.5, 0.6) is 0 Å². The topological polar surface area (TPSA) is 84.7 Å². The number of nitrogens with two attached hydrogens (primary N) is 1. The van der Waals surface area contributed by atoms with Crippen LogP contribution in [0.2, 0.25) is 0 Å². The van der Waals surface area contributed by atoms with E-state index < -0.39 is 17.7 Å². The van der Waals surface area contributed by atoms with Crippen LogP contribution in [0.1, 0.15) is 33.6 Å². The largest absolute Gasteiger partial charge is 0.443 e. The van der Waals surface area contributed by atoms with Crippen LogP contribution >= 0.6 is 0 Å². The molecular formula is C10H19N3O3. The molecule has 0 aromatic carbocycles. The van der Waals surface area contributed by atoms with Gasteiger partial charge in [-0.25, -0.2) is 14.9 Å². The molecule has 0 aliphatic carbocycles. The molecule has 0 radical (unpaired) electrons. The number of likely N-dealkylation sites (tertiary alicyclic amines) is 1. The molecule has 1 aliphatic rings. The van der Waals surface area contributed by atoms with E-state index in [1.165, 1.54) is 4.90 Å². The van der Waals surface area contributed by atoms with Crippen molar-refractivity contribution < 1.29 is 14.3 Å². The zero-order valence-electron chi connectivity index (χ0n) is 9.95. The van der Waals surface area contributed by atoms with Crippen LogP contribution < -0.4 is 11.1 Å². The molecule has 0 aromatic heterocycles. The first kappa shape index (κ1) is 12.8. The van der Waals surface area contributed by atoms with Gasteiger partial charge in [0.15, 0.2) is 0 Å². The van der Waals surface area contributed by atoms with Crippen molar-refractivity contribution in [2.24, 2.45) is 5.73 Å².